The monoisotopic (exact) mass is 203 g/mol. The fraction of sp³-hybridized carbons (Fsp3) is 1.00. The summed E-state index contributed by atoms with van der Waals surface area (Å²) >= 11 is 0. The predicted octanol–water partition coefficient (Wildman–Crippen LogP) is -0.568. The number of nitrogens with zero attached hydrogens (tertiary/aromatic N) is 1. The number of rotatable bonds is 4. The van der Waals surface area contributed by atoms with Gasteiger partial charge < -0.3 is 15.3 Å². The molecule has 1 aliphatic heterocycles. The van der Waals surface area contributed by atoms with Gasteiger partial charge in [0, 0.05) is 12.6 Å². The highest BCUT2D eigenvalue weighted by Crippen LogP contribution is 2.22. The zero-order valence-electron chi connectivity index (χ0n) is 8.76. The first-order valence-electron chi connectivity index (χ1n) is 5.31. The minimum atomic E-state index is -0.683. The van der Waals surface area contributed by atoms with Crippen LogP contribution < -0.4 is 0 Å². The predicted molar refractivity (Wildman–Crippen MR) is 53.9 cm³/mol. The zero-order valence-corrected chi connectivity index (χ0v) is 8.76. The molecule has 0 aromatic carbocycles. The van der Waals surface area contributed by atoms with Gasteiger partial charge in [-0.3, -0.25) is 4.90 Å². The topological polar surface area (TPSA) is 63.9 Å². The van der Waals surface area contributed by atoms with Gasteiger partial charge in [0.2, 0.25) is 0 Å². The van der Waals surface area contributed by atoms with Gasteiger partial charge >= 0.3 is 0 Å². The summed E-state index contributed by atoms with van der Waals surface area (Å²) in [5.74, 6) is 0.648. The summed E-state index contributed by atoms with van der Waals surface area (Å²) in [7, 11) is 0. The molecular formula is C10H21NO3. The summed E-state index contributed by atoms with van der Waals surface area (Å²) in [6.45, 7) is 3.49. The molecule has 0 amide bonds. The fourth-order valence-electron chi connectivity index (χ4n) is 2.06. The number of aliphatic hydroxyl groups excluding tert-OH is 3. The largest absolute Gasteiger partial charge is 0.395 e. The molecule has 84 valence electrons. The summed E-state index contributed by atoms with van der Waals surface area (Å²) in [5.41, 5.74) is 0. The van der Waals surface area contributed by atoms with Crippen molar-refractivity contribution < 1.29 is 15.3 Å². The van der Waals surface area contributed by atoms with E-state index >= 15 is 0 Å². The number of hydrogen-bond acceptors (Lipinski definition) is 4. The lowest BCUT2D eigenvalue weighted by Gasteiger charge is -2.38. The van der Waals surface area contributed by atoms with Gasteiger partial charge in [-0.1, -0.05) is 6.92 Å². The number of piperidine rings is 1. The van der Waals surface area contributed by atoms with Crippen LogP contribution in [0.1, 0.15) is 19.8 Å². The molecule has 0 radical (unpaired) electrons. The molecule has 0 unspecified atom stereocenters. The van der Waals surface area contributed by atoms with Crippen molar-refractivity contribution >= 4 is 0 Å². The summed E-state index contributed by atoms with van der Waals surface area (Å²) in [4.78, 5) is 2.07. The van der Waals surface area contributed by atoms with E-state index in [-0.39, 0.29) is 19.3 Å². The van der Waals surface area contributed by atoms with Crippen LogP contribution in [0, 0.1) is 5.92 Å². The van der Waals surface area contributed by atoms with E-state index in [0.717, 1.165) is 19.4 Å². The first kappa shape index (κ1) is 11.9. The molecular weight excluding hydrogens is 182 g/mol. The molecule has 4 heteroatoms. The normalized spacial score (nSPS) is 31.7. The van der Waals surface area contributed by atoms with Crippen LogP contribution in [0.25, 0.3) is 0 Å². The van der Waals surface area contributed by atoms with Crippen LogP contribution in [0.3, 0.4) is 0 Å². The summed E-state index contributed by atoms with van der Waals surface area (Å²) in [6, 6.07) is 0.153. The molecule has 3 atom stereocenters. The Balaban J connectivity index is 2.41. The standard InChI is InChI=1S/C10H21NO3/c1-8-2-3-11(5-10(14)7-13)9(4-8)6-12/h8-10,12-14H,2-7H2,1H3/t8-,9+,10+/m1/s1. The van der Waals surface area contributed by atoms with Crippen molar-refractivity contribution in [2.75, 3.05) is 26.3 Å². The lowest BCUT2D eigenvalue weighted by Crippen LogP contribution is -2.48. The summed E-state index contributed by atoms with van der Waals surface area (Å²) in [5, 5.41) is 27.2. The van der Waals surface area contributed by atoms with E-state index in [0.29, 0.717) is 12.5 Å². The Bertz CT molecular complexity index is 165. The quantitative estimate of drug-likeness (QED) is 0.573. The van der Waals surface area contributed by atoms with E-state index in [2.05, 4.69) is 11.8 Å². The van der Waals surface area contributed by atoms with Crippen LogP contribution in [0.4, 0.5) is 0 Å². The van der Waals surface area contributed by atoms with Gasteiger partial charge in [-0.25, -0.2) is 0 Å². The molecule has 0 bridgehead atoms. The highest BCUT2D eigenvalue weighted by atomic mass is 16.3. The molecule has 0 aliphatic carbocycles. The Labute approximate surface area is 85.2 Å². The first-order chi connectivity index (χ1) is 6.67. The van der Waals surface area contributed by atoms with Gasteiger partial charge in [-0.15, -0.1) is 0 Å². The van der Waals surface area contributed by atoms with Crippen molar-refractivity contribution in [2.24, 2.45) is 5.92 Å². The third-order valence-corrected chi connectivity index (χ3v) is 2.97. The molecule has 3 N–H and O–H groups in total. The Kier molecular flexibility index (Phi) is 4.81. The Hall–Kier alpha value is -0.160. The van der Waals surface area contributed by atoms with Crippen LogP contribution in [-0.4, -0.2) is 58.7 Å². The molecule has 0 spiro atoms. The maximum atomic E-state index is 9.32. The second-order valence-electron chi connectivity index (χ2n) is 4.30. The van der Waals surface area contributed by atoms with E-state index in [1.54, 1.807) is 0 Å². The molecule has 0 aromatic rings. The van der Waals surface area contributed by atoms with Gasteiger partial charge in [-0.2, -0.15) is 0 Å². The lowest BCUT2D eigenvalue weighted by molar-refractivity contribution is 0.00884. The molecule has 1 aliphatic rings. The van der Waals surface area contributed by atoms with Crippen LogP contribution >= 0.6 is 0 Å². The summed E-state index contributed by atoms with van der Waals surface area (Å²) in [6.07, 6.45) is 1.40. The van der Waals surface area contributed by atoms with Gasteiger partial charge in [0.1, 0.15) is 0 Å². The lowest BCUT2D eigenvalue weighted by atomic mass is 9.92. The number of likely N-dealkylation sites (tertiary alicyclic amines) is 1. The zero-order chi connectivity index (χ0) is 10.6. The number of aliphatic hydroxyl groups is 3. The molecule has 1 fully saturated rings. The van der Waals surface area contributed by atoms with Gasteiger partial charge in [-0.05, 0) is 25.3 Å². The van der Waals surface area contributed by atoms with Crippen LogP contribution in [0.15, 0.2) is 0 Å². The Morgan fingerprint density at radius 3 is 2.71 bits per heavy atom. The fourth-order valence-corrected chi connectivity index (χ4v) is 2.06. The van der Waals surface area contributed by atoms with Crippen molar-refractivity contribution in [3.63, 3.8) is 0 Å². The number of β-amino-alcohol motifs (C(OH)–C–C–N with tert-alkyl or cyclic N) is 1. The second-order valence-corrected chi connectivity index (χ2v) is 4.30. The average molecular weight is 203 g/mol. The molecule has 14 heavy (non-hydrogen) atoms. The van der Waals surface area contributed by atoms with E-state index in [9.17, 15) is 10.2 Å². The second kappa shape index (κ2) is 5.66. The highest BCUT2D eigenvalue weighted by molar-refractivity contribution is 4.80. The Morgan fingerprint density at radius 2 is 2.14 bits per heavy atom. The minimum absolute atomic E-state index is 0.141. The van der Waals surface area contributed by atoms with E-state index in [1.807, 2.05) is 0 Å². The van der Waals surface area contributed by atoms with Crippen LogP contribution in [0.5, 0.6) is 0 Å². The molecule has 0 aromatic heterocycles. The van der Waals surface area contributed by atoms with Crippen molar-refractivity contribution in [1.82, 2.24) is 4.90 Å². The molecule has 1 rings (SSSR count). The Morgan fingerprint density at radius 1 is 1.43 bits per heavy atom. The number of hydrogen-bond donors (Lipinski definition) is 3. The van der Waals surface area contributed by atoms with Crippen molar-refractivity contribution in [2.45, 2.75) is 31.9 Å². The minimum Gasteiger partial charge on any atom is -0.395 e. The first-order valence-corrected chi connectivity index (χ1v) is 5.31. The smallest absolute Gasteiger partial charge is 0.0897 e. The van der Waals surface area contributed by atoms with Crippen molar-refractivity contribution in [1.29, 1.82) is 0 Å². The molecule has 1 heterocycles. The summed E-state index contributed by atoms with van der Waals surface area (Å²) < 4.78 is 0. The third-order valence-electron chi connectivity index (χ3n) is 2.97. The molecule has 1 saturated heterocycles. The van der Waals surface area contributed by atoms with E-state index < -0.39 is 6.10 Å². The van der Waals surface area contributed by atoms with Crippen LogP contribution in [-0.2, 0) is 0 Å². The van der Waals surface area contributed by atoms with Gasteiger partial charge in [0.05, 0.1) is 19.3 Å². The van der Waals surface area contributed by atoms with Crippen molar-refractivity contribution in [3.05, 3.63) is 0 Å². The van der Waals surface area contributed by atoms with Gasteiger partial charge in [0.25, 0.3) is 0 Å². The van der Waals surface area contributed by atoms with Gasteiger partial charge in [0.15, 0.2) is 0 Å². The third kappa shape index (κ3) is 3.20. The SMILES string of the molecule is C[C@@H]1CCN(C[C@H](O)CO)[C@H](CO)C1. The molecule has 0 saturated carbocycles. The maximum Gasteiger partial charge on any atom is 0.0897 e. The highest BCUT2D eigenvalue weighted by Gasteiger charge is 2.26. The maximum absolute atomic E-state index is 9.32. The molecule has 4 nitrogen and oxygen atoms in total. The van der Waals surface area contributed by atoms with Crippen molar-refractivity contribution in [3.8, 4) is 0 Å². The van der Waals surface area contributed by atoms with E-state index in [1.165, 1.54) is 0 Å². The average Bonchev–Trinajstić information content (AvgIpc) is 2.20. The van der Waals surface area contributed by atoms with E-state index in [4.69, 9.17) is 5.11 Å². The van der Waals surface area contributed by atoms with Crippen LogP contribution in [0.2, 0.25) is 0 Å².